The second kappa shape index (κ2) is 6.94. The normalized spacial score (nSPS) is 10.5. The van der Waals surface area contributed by atoms with Gasteiger partial charge in [-0.25, -0.2) is 15.0 Å². The number of para-hydroxylation sites is 1. The molecule has 0 radical (unpaired) electrons. The van der Waals surface area contributed by atoms with Gasteiger partial charge in [-0.15, -0.1) is 0 Å². The van der Waals surface area contributed by atoms with Crippen LogP contribution in [0.25, 0.3) is 0 Å². The quantitative estimate of drug-likeness (QED) is 0.729. The largest absolute Gasteiger partial charge is 0.320 e. The van der Waals surface area contributed by atoms with Crippen LogP contribution < -0.4 is 10.6 Å². The van der Waals surface area contributed by atoms with Crippen LogP contribution in [0, 0.1) is 13.8 Å². The van der Waals surface area contributed by atoms with Crippen LogP contribution in [-0.4, -0.2) is 20.9 Å². The summed E-state index contributed by atoms with van der Waals surface area (Å²) in [6.07, 6.45) is 3.18. The second-order valence-electron chi connectivity index (χ2n) is 5.03. The highest BCUT2D eigenvalue weighted by Crippen LogP contribution is 2.27. The van der Waals surface area contributed by atoms with E-state index in [1.165, 1.54) is 17.5 Å². The molecule has 0 spiro atoms. The van der Waals surface area contributed by atoms with Crippen LogP contribution >= 0.6 is 22.9 Å². The number of aromatic nitrogens is 3. The molecule has 0 saturated carbocycles. The van der Waals surface area contributed by atoms with Crippen molar-refractivity contribution in [2.24, 2.45) is 0 Å². The molecule has 0 aliphatic rings. The number of hydrogen-bond donors (Lipinski definition) is 2. The summed E-state index contributed by atoms with van der Waals surface area (Å²) in [4.78, 5) is 25.3. The molecule has 3 rings (SSSR count). The summed E-state index contributed by atoms with van der Waals surface area (Å²) >= 11 is 7.37. The van der Waals surface area contributed by atoms with Crippen molar-refractivity contribution in [3.05, 3.63) is 57.9 Å². The van der Waals surface area contributed by atoms with Crippen LogP contribution in [0.4, 0.5) is 16.6 Å². The Morgan fingerprint density at radius 2 is 2.04 bits per heavy atom. The molecular formula is C16H14ClN5OS. The highest BCUT2D eigenvalue weighted by molar-refractivity contribution is 7.17. The number of nitrogens with one attached hydrogen (secondary N) is 2. The molecule has 122 valence electrons. The lowest BCUT2D eigenvalue weighted by atomic mass is 10.2. The zero-order valence-electron chi connectivity index (χ0n) is 13.0. The van der Waals surface area contributed by atoms with E-state index in [0.29, 0.717) is 32.4 Å². The summed E-state index contributed by atoms with van der Waals surface area (Å²) in [6.45, 7) is 3.69. The molecule has 6 nitrogen and oxygen atoms in total. The topological polar surface area (TPSA) is 79.8 Å². The Labute approximate surface area is 148 Å². The maximum atomic E-state index is 12.4. The summed E-state index contributed by atoms with van der Waals surface area (Å²) < 4.78 is 0. The number of nitrogens with zero attached hydrogens (tertiary/aromatic N) is 3. The van der Waals surface area contributed by atoms with Gasteiger partial charge in [0.2, 0.25) is 0 Å². The van der Waals surface area contributed by atoms with Crippen molar-refractivity contribution in [3.63, 3.8) is 0 Å². The van der Waals surface area contributed by atoms with Crippen molar-refractivity contribution in [1.29, 1.82) is 0 Å². The van der Waals surface area contributed by atoms with Gasteiger partial charge in [0.15, 0.2) is 5.13 Å². The fourth-order valence-electron chi connectivity index (χ4n) is 2.04. The van der Waals surface area contributed by atoms with Crippen molar-refractivity contribution in [1.82, 2.24) is 15.0 Å². The second-order valence-corrected chi connectivity index (χ2v) is 6.47. The molecule has 3 aromatic rings. The smallest absolute Gasteiger partial charge is 0.267 e. The lowest BCUT2D eigenvalue weighted by molar-refractivity contribution is 0.103. The van der Waals surface area contributed by atoms with E-state index in [9.17, 15) is 4.79 Å². The lowest BCUT2D eigenvalue weighted by Gasteiger charge is -2.08. The zero-order chi connectivity index (χ0) is 17.1. The highest BCUT2D eigenvalue weighted by Gasteiger charge is 2.14. The summed E-state index contributed by atoms with van der Waals surface area (Å²) in [5.74, 6) is 1.03. The van der Waals surface area contributed by atoms with E-state index >= 15 is 0 Å². The first-order valence-corrected chi connectivity index (χ1v) is 8.31. The third-order valence-corrected chi connectivity index (χ3v) is 4.43. The Morgan fingerprint density at radius 1 is 1.21 bits per heavy atom. The predicted octanol–water partition coefficient (Wildman–Crippen LogP) is 4.20. The Hall–Kier alpha value is -2.51. The van der Waals surface area contributed by atoms with Crippen LogP contribution in [0.15, 0.2) is 36.7 Å². The number of anilines is 3. The monoisotopic (exact) mass is 359 g/mol. The van der Waals surface area contributed by atoms with Gasteiger partial charge in [0.1, 0.15) is 16.5 Å². The first-order valence-electron chi connectivity index (χ1n) is 7.12. The van der Waals surface area contributed by atoms with E-state index in [1.807, 2.05) is 19.1 Å². The third-order valence-electron chi connectivity index (χ3n) is 3.20. The first-order chi connectivity index (χ1) is 11.5. The molecule has 1 aromatic carbocycles. The highest BCUT2D eigenvalue weighted by atomic mass is 35.5. The van der Waals surface area contributed by atoms with E-state index in [4.69, 9.17) is 11.6 Å². The minimum atomic E-state index is -0.254. The Morgan fingerprint density at radius 3 is 2.79 bits per heavy atom. The van der Waals surface area contributed by atoms with Gasteiger partial charge in [-0.3, -0.25) is 4.79 Å². The molecular weight excluding hydrogens is 346 g/mol. The van der Waals surface area contributed by atoms with Gasteiger partial charge >= 0.3 is 0 Å². The van der Waals surface area contributed by atoms with Crippen molar-refractivity contribution in [2.75, 3.05) is 10.6 Å². The SMILES string of the molecule is Cc1nccc(Nc2ncc(C(=O)Nc3c(C)cccc3Cl)s2)n1. The Kier molecular flexibility index (Phi) is 4.73. The van der Waals surface area contributed by atoms with Crippen LogP contribution in [-0.2, 0) is 0 Å². The molecule has 0 unspecified atom stereocenters. The Balaban J connectivity index is 1.74. The number of aryl methyl sites for hydroxylation is 2. The minimum Gasteiger partial charge on any atom is -0.320 e. The van der Waals surface area contributed by atoms with Gasteiger partial charge in [0.05, 0.1) is 16.9 Å². The third kappa shape index (κ3) is 3.69. The van der Waals surface area contributed by atoms with Gasteiger partial charge in [0, 0.05) is 6.20 Å². The number of rotatable bonds is 4. The maximum absolute atomic E-state index is 12.4. The zero-order valence-corrected chi connectivity index (χ0v) is 14.6. The molecule has 1 amide bonds. The van der Waals surface area contributed by atoms with Crippen molar-refractivity contribution in [3.8, 4) is 0 Å². The number of hydrogen-bond acceptors (Lipinski definition) is 6. The number of benzene rings is 1. The number of halogens is 1. The number of amides is 1. The predicted molar refractivity (Wildman–Crippen MR) is 96.3 cm³/mol. The van der Waals surface area contributed by atoms with Crippen LogP contribution in [0.1, 0.15) is 21.1 Å². The van der Waals surface area contributed by atoms with Gasteiger partial charge in [0.25, 0.3) is 5.91 Å². The van der Waals surface area contributed by atoms with Crippen molar-refractivity contribution >= 4 is 45.5 Å². The van der Waals surface area contributed by atoms with Gasteiger partial charge in [-0.2, -0.15) is 0 Å². The molecule has 0 aliphatic carbocycles. The molecule has 8 heteroatoms. The van der Waals surface area contributed by atoms with E-state index in [0.717, 1.165) is 5.56 Å². The van der Waals surface area contributed by atoms with E-state index in [-0.39, 0.29) is 5.91 Å². The molecule has 0 fully saturated rings. The molecule has 2 N–H and O–H groups in total. The standard InChI is InChI=1S/C16H14ClN5OS/c1-9-4-3-5-11(17)14(9)22-15(23)12-8-19-16(24-12)21-13-6-7-18-10(2)20-13/h3-8H,1-2H3,(H,22,23)(H,18,19,20,21). The van der Waals surface area contributed by atoms with Gasteiger partial charge in [-0.1, -0.05) is 35.1 Å². The lowest BCUT2D eigenvalue weighted by Crippen LogP contribution is -2.11. The molecule has 0 atom stereocenters. The van der Waals surface area contributed by atoms with E-state index < -0.39 is 0 Å². The Bertz CT molecular complexity index is 875. The average molecular weight is 360 g/mol. The molecule has 0 saturated heterocycles. The van der Waals surface area contributed by atoms with Crippen molar-refractivity contribution in [2.45, 2.75) is 13.8 Å². The van der Waals surface area contributed by atoms with Gasteiger partial charge in [-0.05, 0) is 31.5 Å². The number of carbonyl (C=O) groups excluding carboxylic acids is 1. The molecule has 2 heterocycles. The first kappa shape index (κ1) is 16.4. The fraction of sp³-hybridized carbons (Fsp3) is 0.125. The van der Waals surface area contributed by atoms with Crippen LogP contribution in [0.5, 0.6) is 0 Å². The summed E-state index contributed by atoms with van der Waals surface area (Å²) in [5, 5.41) is 6.96. The summed E-state index contributed by atoms with van der Waals surface area (Å²) in [5.41, 5.74) is 1.51. The fourth-order valence-corrected chi connectivity index (χ4v) is 3.03. The van der Waals surface area contributed by atoms with Crippen molar-refractivity contribution < 1.29 is 4.79 Å². The van der Waals surface area contributed by atoms with E-state index in [1.54, 1.807) is 25.3 Å². The summed E-state index contributed by atoms with van der Waals surface area (Å²) in [7, 11) is 0. The molecule has 2 aromatic heterocycles. The average Bonchev–Trinajstić information content (AvgIpc) is 2.99. The van der Waals surface area contributed by atoms with E-state index in [2.05, 4.69) is 25.6 Å². The minimum absolute atomic E-state index is 0.254. The van der Waals surface area contributed by atoms with Crippen LogP contribution in [0.2, 0.25) is 5.02 Å². The molecule has 0 aliphatic heterocycles. The molecule has 24 heavy (non-hydrogen) atoms. The maximum Gasteiger partial charge on any atom is 0.267 e. The van der Waals surface area contributed by atoms with Crippen LogP contribution in [0.3, 0.4) is 0 Å². The summed E-state index contributed by atoms with van der Waals surface area (Å²) in [6, 6.07) is 7.20. The molecule has 0 bridgehead atoms. The number of carbonyl (C=O) groups is 1. The number of thiazole rings is 1. The van der Waals surface area contributed by atoms with Gasteiger partial charge < -0.3 is 10.6 Å².